The van der Waals surface area contributed by atoms with Gasteiger partial charge in [-0.3, -0.25) is 4.99 Å². The van der Waals surface area contributed by atoms with E-state index in [-0.39, 0.29) is 24.0 Å². The number of guanidine groups is 1. The van der Waals surface area contributed by atoms with E-state index in [1.165, 1.54) is 29.4 Å². The number of thiazole rings is 1. The van der Waals surface area contributed by atoms with Gasteiger partial charge in [0.2, 0.25) is 0 Å². The summed E-state index contributed by atoms with van der Waals surface area (Å²) in [4.78, 5) is 12.9. The number of hydrogen-bond acceptors (Lipinski definition) is 4. The smallest absolute Gasteiger partial charge is 0.191 e. The number of aromatic nitrogens is 1. The highest BCUT2D eigenvalue weighted by Crippen LogP contribution is 2.15. The van der Waals surface area contributed by atoms with E-state index < -0.39 is 0 Å². The molecule has 2 heterocycles. The van der Waals surface area contributed by atoms with E-state index in [0.717, 1.165) is 38.6 Å². The van der Waals surface area contributed by atoms with Crippen molar-refractivity contribution in [2.75, 3.05) is 39.3 Å². The second-order valence-electron chi connectivity index (χ2n) is 5.81. The van der Waals surface area contributed by atoms with E-state index in [1.807, 2.05) is 6.20 Å². The molecule has 1 aromatic rings. The van der Waals surface area contributed by atoms with Crippen LogP contribution in [0.25, 0.3) is 0 Å². The zero-order valence-electron chi connectivity index (χ0n) is 14.5. The highest BCUT2D eigenvalue weighted by atomic mass is 127. The maximum absolute atomic E-state index is 4.75. The first-order valence-corrected chi connectivity index (χ1v) is 9.18. The molecule has 132 valence electrons. The summed E-state index contributed by atoms with van der Waals surface area (Å²) >= 11 is 1.77. The standard InChI is InChI=1S/C16H29N5S.HI/c1-4-17-16(18-8-6-15-19-10-13(3)22-15)20-11-14-7-9-21(5-2)12-14;/h10,14H,4-9,11-12H2,1-3H3,(H2,17,18,20);1H. The molecule has 0 amide bonds. The van der Waals surface area contributed by atoms with E-state index >= 15 is 0 Å². The third-order valence-electron chi connectivity index (χ3n) is 3.97. The molecule has 5 nitrogen and oxygen atoms in total. The molecule has 0 aliphatic carbocycles. The molecule has 1 aliphatic rings. The maximum Gasteiger partial charge on any atom is 0.191 e. The predicted octanol–water partition coefficient (Wildman–Crippen LogP) is 2.51. The summed E-state index contributed by atoms with van der Waals surface area (Å²) in [5, 5.41) is 7.94. The number of halogens is 1. The van der Waals surface area contributed by atoms with Crippen LogP contribution in [0.3, 0.4) is 0 Å². The Morgan fingerprint density at radius 1 is 1.43 bits per heavy atom. The molecular formula is C16H30IN5S. The van der Waals surface area contributed by atoms with Gasteiger partial charge in [0.05, 0.1) is 5.01 Å². The van der Waals surface area contributed by atoms with Crippen LogP contribution in [0.15, 0.2) is 11.2 Å². The molecule has 1 atom stereocenters. The van der Waals surface area contributed by atoms with E-state index in [2.05, 4.69) is 41.3 Å². The Balaban J connectivity index is 0.00000264. The number of likely N-dealkylation sites (tertiary alicyclic amines) is 1. The zero-order chi connectivity index (χ0) is 15.8. The van der Waals surface area contributed by atoms with E-state index in [9.17, 15) is 0 Å². The number of rotatable bonds is 7. The minimum atomic E-state index is 0. The summed E-state index contributed by atoms with van der Waals surface area (Å²) in [6, 6.07) is 0. The van der Waals surface area contributed by atoms with Crippen LogP contribution in [0, 0.1) is 12.8 Å². The Morgan fingerprint density at radius 2 is 2.26 bits per heavy atom. The Morgan fingerprint density at radius 3 is 2.87 bits per heavy atom. The van der Waals surface area contributed by atoms with Crippen LogP contribution in [0.2, 0.25) is 0 Å². The van der Waals surface area contributed by atoms with Gasteiger partial charge in [0.1, 0.15) is 0 Å². The number of nitrogens with one attached hydrogen (secondary N) is 2. The van der Waals surface area contributed by atoms with Crippen molar-refractivity contribution in [2.45, 2.75) is 33.6 Å². The van der Waals surface area contributed by atoms with Gasteiger partial charge in [-0.05, 0) is 39.3 Å². The van der Waals surface area contributed by atoms with Crippen LogP contribution in [0.1, 0.15) is 30.2 Å². The predicted molar refractivity (Wildman–Crippen MR) is 110 cm³/mol. The van der Waals surface area contributed by atoms with E-state index in [0.29, 0.717) is 5.92 Å². The van der Waals surface area contributed by atoms with Crippen molar-refractivity contribution in [2.24, 2.45) is 10.9 Å². The van der Waals surface area contributed by atoms with Gasteiger partial charge in [0.25, 0.3) is 0 Å². The molecule has 0 aromatic carbocycles. The SMILES string of the molecule is CCNC(=NCC1CCN(CC)C1)NCCc1ncc(C)s1.I. The molecule has 23 heavy (non-hydrogen) atoms. The summed E-state index contributed by atoms with van der Waals surface area (Å²) in [5.41, 5.74) is 0. The second kappa shape index (κ2) is 11.2. The average molecular weight is 451 g/mol. The third-order valence-corrected chi connectivity index (χ3v) is 4.94. The molecule has 1 aromatic heterocycles. The van der Waals surface area contributed by atoms with Crippen molar-refractivity contribution in [1.29, 1.82) is 0 Å². The van der Waals surface area contributed by atoms with Crippen LogP contribution < -0.4 is 10.6 Å². The lowest BCUT2D eigenvalue weighted by atomic mass is 10.1. The van der Waals surface area contributed by atoms with Gasteiger partial charge in [-0.2, -0.15) is 0 Å². The minimum absolute atomic E-state index is 0. The fourth-order valence-corrected chi connectivity index (χ4v) is 3.50. The van der Waals surface area contributed by atoms with Crippen LogP contribution in [-0.4, -0.2) is 55.1 Å². The lowest BCUT2D eigenvalue weighted by Gasteiger charge is -2.13. The monoisotopic (exact) mass is 451 g/mol. The molecule has 2 N–H and O–H groups in total. The highest BCUT2D eigenvalue weighted by molar-refractivity contribution is 14.0. The summed E-state index contributed by atoms with van der Waals surface area (Å²) in [6.07, 6.45) is 4.17. The van der Waals surface area contributed by atoms with Crippen LogP contribution >= 0.6 is 35.3 Å². The van der Waals surface area contributed by atoms with Crippen LogP contribution in [0.4, 0.5) is 0 Å². The van der Waals surface area contributed by atoms with Crippen molar-refractivity contribution >= 4 is 41.3 Å². The maximum atomic E-state index is 4.75. The summed E-state index contributed by atoms with van der Waals surface area (Å²) < 4.78 is 0. The minimum Gasteiger partial charge on any atom is -0.357 e. The Hall–Kier alpha value is -0.410. The molecule has 1 unspecified atom stereocenters. The number of hydrogen-bond donors (Lipinski definition) is 2. The first-order valence-electron chi connectivity index (χ1n) is 8.37. The summed E-state index contributed by atoms with van der Waals surface area (Å²) in [6.45, 7) is 12.7. The van der Waals surface area contributed by atoms with Crippen LogP contribution in [-0.2, 0) is 6.42 Å². The molecule has 1 saturated heterocycles. The lowest BCUT2D eigenvalue weighted by Crippen LogP contribution is -2.38. The molecule has 0 saturated carbocycles. The summed E-state index contributed by atoms with van der Waals surface area (Å²) in [7, 11) is 0. The first kappa shape index (κ1) is 20.6. The van der Waals surface area contributed by atoms with Gasteiger partial charge in [-0.25, -0.2) is 4.98 Å². The molecule has 7 heteroatoms. The number of nitrogens with zero attached hydrogens (tertiary/aromatic N) is 3. The van der Waals surface area contributed by atoms with Crippen molar-refractivity contribution < 1.29 is 0 Å². The number of aliphatic imine (C=N–C) groups is 1. The molecule has 0 bridgehead atoms. The van der Waals surface area contributed by atoms with Crippen LogP contribution in [0.5, 0.6) is 0 Å². The topological polar surface area (TPSA) is 52.6 Å². The zero-order valence-corrected chi connectivity index (χ0v) is 17.6. The molecule has 2 rings (SSSR count). The lowest BCUT2D eigenvalue weighted by molar-refractivity contribution is 0.343. The average Bonchev–Trinajstić information content (AvgIpc) is 3.13. The van der Waals surface area contributed by atoms with Gasteiger partial charge in [-0.15, -0.1) is 35.3 Å². The second-order valence-corrected chi connectivity index (χ2v) is 7.13. The molecule has 1 aliphatic heterocycles. The highest BCUT2D eigenvalue weighted by Gasteiger charge is 2.20. The van der Waals surface area contributed by atoms with Gasteiger partial charge >= 0.3 is 0 Å². The quantitative estimate of drug-likeness (QED) is 0.380. The summed E-state index contributed by atoms with van der Waals surface area (Å²) in [5.74, 6) is 1.64. The van der Waals surface area contributed by atoms with Crippen molar-refractivity contribution in [1.82, 2.24) is 20.5 Å². The fraction of sp³-hybridized carbons (Fsp3) is 0.750. The third kappa shape index (κ3) is 7.34. The first-order chi connectivity index (χ1) is 10.7. The molecule has 0 spiro atoms. The van der Waals surface area contributed by atoms with Gasteiger partial charge < -0.3 is 15.5 Å². The normalized spacial score (nSPS) is 18.7. The van der Waals surface area contributed by atoms with Crippen molar-refractivity contribution in [3.63, 3.8) is 0 Å². The molecular weight excluding hydrogens is 421 g/mol. The van der Waals surface area contributed by atoms with Gasteiger partial charge in [0.15, 0.2) is 5.96 Å². The Kier molecular flexibility index (Phi) is 10.0. The van der Waals surface area contributed by atoms with E-state index in [4.69, 9.17) is 4.99 Å². The van der Waals surface area contributed by atoms with Gasteiger partial charge in [0, 0.05) is 43.7 Å². The number of aryl methyl sites for hydroxylation is 1. The Labute approximate surface area is 161 Å². The largest absolute Gasteiger partial charge is 0.357 e. The van der Waals surface area contributed by atoms with E-state index in [1.54, 1.807) is 11.3 Å². The molecule has 1 fully saturated rings. The van der Waals surface area contributed by atoms with Crippen molar-refractivity contribution in [3.8, 4) is 0 Å². The molecule has 0 radical (unpaired) electrons. The van der Waals surface area contributed by atoms with Gasteiger partial charge in [-0.1, -0.05) is 6.92 Å². The fourth-order valence-electron chi connectivity index (χ4n) is 2.72. The van der Waals surface area contributed by atoms with Crippen molar-refractivity contribution in [3.05, 3.63) is 16.1 Å². The Bertz CT molecular complexity index is 477.